The van der Waals surface area contributed by atoms with Gasteiger partial charge in [-0.2, -0.15) is 0 Å². The summed E-state index contributed by atoms with van der Waals surface area (Å²) in [6.45, 7) is 0. The molecule has 0 aliphatic heterocycles. The average molecular weight is 417 g/mol. The quantitative estimate of drug-likeness (QED) is 0.463. The van der Waals surface area contributed by atoms with Gasteiger partial charge in [-0.15, -0.1) is 10.2 Å². The molecule has 3 aromatic heterocycles. The van der Waals surface area contributed by atoms with E-state index in [9.17, 15) is 9.59 Å². The van der Waals surface area contributed by atoms with Gasteiger partial charge in [0.25, 0.3) is 5.56 Å². The smallest absolute Gasteiger partial charge is 0.323 e. The number of imidazole rings is 1. The van der Waals surface area contributed by atoms with Gasteiger partial charge in [-0.1, -0.05) is 12.1 Å². The minimum absolute atomic E-state index is 0.103. The van der Waals surface area contributed by atoms with Crippen LogP contribution in [0.15, 0.2) is 46.4 Å². The molecule has 0 bridgehead atoms. The number of aromatic amines is 2. The first-order valence-corrected chi connectivity index (χ1v) is 10.5. The summed E-state index contributed by atoms with van der Waals surface area (Å²) in [5, 5.41) is 8.44. The van der Waals surface area contributed by atoms with Crippen molar-refractivity contribution in [1.82, 2.24) is 29.3 Å². The molecule has 4 aromatic rings. The molecule has 2 aliphatic rings. The van der Waals surface area contributed by atoms with Gasteiger partial charge in [-0.05, 0) is 54.9 Å². The van der Waals surface area contributed by atoms with Crippen molar-refractivity contribution < 1.29 is 0 Å². The molecule has 0 amide bonds. The zero-order chi connectivity index (χ0) is 21.3. The van der Waals surface area contributed by atoms with Gasteiger partial charge in [0.1, 0.15) is 17.7 Å². The van der Waals surface area contributed by atoms with Crippen LogP contribution in [0.1, 0.15) is 48.6 Å². The predicted molar refractivity (Wildman–Crippen MR) is 115 cm³/mol. The van der Waals surface area contributed by atoms with E-state index in [-0.39, 0.29) is 22.7 Å². The third-order valence-electron chi connectivity index (χ3n) is 6.77. The number of rotatable bonds is 4. The molecule has 2 aliphatic carbocycles. The van der Waals surface area contributed by atoms with Crippen molar-refractivity contribution >= 4 is 11.0 Å². The summed E-state index contributed by atoms with van der Waals surface area (Å²) < 4.78 is 3.58. The highest BCUT2D eigenvalue weighted by atomic mass is 16.1. The third kappa shape index (κ3) is 2.66. The molecule has 0 saturated heterocycles. The molecule has 0 unspecified atom stereocenters. The Kier molecular flexibility index (Phi) is 3.71. The first-order chi connectivity index (χ1) is 15.0. The Morgan fingerprint density at radius 1 is 1.16 bits per heavy atom. The fourth-order valence-corrected chi connectivity index (χ4v) is 5.09. The molecule has 9 nitrogen and oxygen atoms in total. The lowest BCUT2D eigenvalue weighted by Gasteiger charge is -2.45. The number of benzene rings is 1. The molecule has 2 saturated carbocycles. The van der Waals surface area contributed by atoms with E-state index in [0.29, 0.717) is 17.0 Å². The van der Waals surface area contributed by atoms with Gasteiger partial charge >= 0.3 is 5.69 Å². The summed E-state index contributed by atoms with van der Waals surface area (Å²) in [4.78, 5) is 30.6. The summed E-state index contributed by atoms with van der Waals surface area (Å²) in [6, 6.07) is 8.08. The van der Waals surface area contributed by atoms with E-state index in [1.165, 1.54) is 0 Å². The summed E-state index contributed by atoms with van der Waals surface area (Å²) >= 11 is 0. The van der Waals surface area contributed by atoms with Crippen LogP contribution < -0.4 is 17.0 Å². The van der Waals surface area contributed by atoms with Crippen LogP contribution >= 0.6 is 0 Å². The maximum atomic E-state index is 13.2. The fraction of sp³-hybridized carbons (Fsp3) is 0.364. The van der Waals surface area contributed by atoms with Crippen molar-refractivity contribution in [3.63, 3.8) is 0 Å². The lowest BCUT2D eigenvalue weighted by Crippen LogP contribution is -2.51. The number of H-pyrrole nitrogens is 2. The summed E-state index contributed by atoms with van der Waals surface area (Å²) in [5.41, 5.74) is 9.06. The Morgan fingerprint density at radius 2 is 1.94 bits per heavy atom. The lowest BCUT2D eigenvalue weighted by molar-refractivity contribution is 0.234. The number of nitrogens with two attached hydrogens (primary N) is 1. The van der Waals surface area contributed by atoms with E-state index in [4.69, 9.17) is 5.73 Å². The zero-order valence-electron chi connectivity index (χ0n) is 17.1. The third-order valence-corrected chi connectivity index (χ3v) is 6.77. The van der Waals surface area contributed by atoms with E-state index in [1.54, 1.807) is 10.9 Å². The van der Waals surface area contributed by atoms with E-state index in [1.807, 2.05) is 36.0 Å². The monoisotopic (exact) mass is 417 g/mol. The number of aryl methyl sites for hydroxylation is 1. The summed E-state index contributed by atoms with van der Waals surface area (Å²) in [6.07, 6.45) is 7.26. The Bertz CT molecular complexity index is 1430. The van der Waals surface area contributed by atoms with Crippen LogP contribution in [0.2, 0.25) is 0 Å². The molecule has 1 aromatic carbocycles. The second kappa shape index (κ2) is 6.27. The molecule has 6 rings (SSSR count). The highest BCUT2D eigenvalue weighted by Crippen LogP contribution is 2.48. The van der Waals surface area contributed by atoms with E-state index < -0.39 is 0 Å². The maximum Gasteiger partial charge on any atom is 0.323 e. The molecule has 0 radical (unpaired) electrons. The molecule has 4 N–H and O–H groups in total. The molecular weight excluding hydrogens is 394 g/mol. The van der Waals surface area contributed by atoms with Crippen LogP contribution in [0.4, 0.5) is 0 Å². The summed E-state index contributed by atoms with van der Waals surface area (Å²) in [5.74, 6) is 1.25. The highest BCUT2D eigenvalue weighted by Gasteiger charge is 2.48. The topological polar surface area (TPSA) is 127 Å². The van der Waals surface area contributed by atoms with Crippen molar-refractivity contribution in [3.05, 3.63) is 74.6 Å². The van der Waals surface area contributed by atoms with E-state index >= 15 is 0 Å². The Hall–Kier alpha value is -3.46. The number of nitrogens with zero attached hydrogens (tertiary/aromatic N) is 4. The zero-order valence-corrected chi connectivity index (χ0v) is 17.1. The molecule has 0 atom stereocenters. The molecule has 3 heterocycles. The molecule has 2 fully saturated rings. The SMILES string of the molecule is Cn1cnnc1[C@]1(c2cccc(-n3cc(C4CC4)c4[nH]c(=O)[nH]c4c3=O)c2)C[C@@H](N)C1. The maximum absolute atomic E-state index is 13.2. The predicted octanol–water partition coefficient (Wildman–Crippen LogP) is 1.42. The second-order valence-corrected chi connectivity index (χ2v) is 8.93. The number of nitrogens with one attached hydrogen (secondary N) is 2. The number of pyridine rings is 1. The number of aromatic nitrogens is 6. The van der Waals surface area contributed by atoms with Crippen LogP contribution in [0.5, 0.6) is 0 Å². The van der Waals surface area contributed by atoms with Crippen LogP contribution in [-0.2, 0) is 12.5 Å². The van der Waals surface area contributed by atoms with Crippen molar-refractivity contribution in [2.75, 3.05) is 0 Å². The molecular formula is C22H23N7O2. The Labute approximate surface area is 176 Å². The van der Waals surface area contributed by atoms with Crippen LogP contribution in [0, 0.1) is 0 Å². The van der Waals surface area contributed by atoms with Gasteiger partial charge in [-0.3, -0.25) is 9.36 Å². The number of fused-ring (bicyclic) bond motifs is 1. The van der Waals surface area contributed by atoms with Crippen molar-refractivity contribution in [3.8, 4) is 5.69 Å². The summed E-state index contributed by atoms with van der Waals surface area (Å²) in [7, 11) is 1.94. The van der Waals surface area contributed by atoms with Crippen molar-refractivity contribution in [2.24, 2.45) is 12.8 Å². The first kappa shape index (κ1) is 18.3. The normalized spacial score (nSPS) is 23.2. The van der Waals surface area contributed by atoms with Crippen LogP contribution in [0.25, 0.3) is 16.7 Å². The van der Waals surface area contributed by atoms with Gasteiger partial charge in [0.05, 0.1) is 10.9 Å². The van der Waals surface area contributed by atoms with Crippen LogP contribution in [-0.4, -0.2) is 35.3 Å². The standard InChI is InChI=1S/C22H23N7O2/c1-28-11-24-27-20(28)22(8-14(23)9-22)13-3-2-4-15(7-13)29-10-16(12-5-6-12)17-18(19(29)30)26-21(31)25-17/h2-4,7,10-12,14H,5-6,8-9,23H2,1H3,(H2,25,26,31)/t14-,22-. The minimum Gasteiger partial charge on any atom is -0.328 e. The number of hydrogen-bond donors (Lipinski definition) is 3. The number of hydrogen-bond acceptors (Lipinski definition) is 5. The Morgan fingerprint density at radius 3 is 2.61 bits per heavy atom. The van der Waals surface area contributed by atoms with Gasteiger partial charge < -0.3 is 20.3 Å². The second-order valence-electron chi connectivity index (χ2n) is 8.93. The van der Waals surface area contributed by atoms with Crippen molar-refractivity contribution in [2.45, 2.75) is 43.1 Å². The van der Waals surface area contributed by atoms with Gasteiger partial charge in [0.2, 0.25) is 0 Å². The Balaban J connectivity index is 1.54. The van der Waals surface area contributed by atoms with Gasteiger partial charge in [0, 0.05) is 25.0 Å². The van der Waals surface area contributed by atoms with Crippen molar-refractivity contribution in [1.29, 1.82) is 0 Å². The van der Waals surface area contributed by atoms with Gasteiger partial charge in [-0.25, -0.2) is 4.79 Å². The molecule has 31 heavy (non-hydrogen) atoms. The molecule has 9 heteroatoms. The molecule has 158 valence electrons. The fourth-order valence-electron chi connectivity index (χ4n) is 5.09. The lowest BCUT2D eigenvalue weighted by atomic mass is 9.61. The minimum atomic E-state index is -0.356. The molecule has 0 spiro atoms. The van der Waals surface area contributed by atoms with E-state index in [0.717, 1.165) is 48.3 Å². The highest BCUT2D eigenvalue weighted by molar-refractivity contribution is 5.78. The average Bonchev–Trinajstić information content (AvgIpc) is 3.36. The van der Waals surface area contributed by atoms with E-state index in [2.05, 4.69) is 26.2 Å². The van der Waals surface area contributed by atoms with Crippen LogP contribution in [0.3, 0.4) is 0 Å². The first-order valence-electron chi connectivity index (χ1n) is 10.5. The largest absolute Gasteiger partial charge is 0.328 e. The van der Waals surface area contributed by atoms with Gasteiger partial charge in [0.15, 0.2) is 0 Å².